The van der Waals surface area contributed by atoms with Crippen LogP contribution in [0.1, 0.15) is 19.8 Å². The summed E-state index contributed by atoms with van der Waals surface area (Å²) in [6.45, 7) is 5.72. The summed E-state index contributed by atoms with van der Waals surface area (Å²) in [5.41, 5.74) is 0. The minimum atomic E-state index is 0. The molecule has 0 bridgehead atoms. The molecule has 39 heavy (non-hydrogen) atoms. The molecule has 11 heteroatoms. The van der Waals surface area contributed by atoms with Crippen molar-refractivity contribution in [2.24, 2.45) is 0 Å². The van der Waals surface area contributed by atoms with Crippen LogP contribution in [0.15, 0.2) is 89.6 Å². The van der Waals surface area contributed by atoms with Gasteiger partial charge in [0.25, 0.3) is 0 Å². The Balaban J connectivity index is 0.000000237. The second kappa shape index (κ2) is 19.4. The smallest absolute Gasteiger partial charge is 1.00 e. The van der Waals surface area contributed by atoms with E-state index in [0.29, 0.717) is 43.5 Å². The van der Waals surface area contributed by atoms with Gasteiger partial charge in [0.05, 0.1) is 0 Å². The number of halogens is 6. The van der Waals surface area contributed by atoms with Crippen molar-refractivity contribution < 1.29 is 32.0 Å². The summed E-state index contributed by atoms with van der Waals surface area (Å²) in [5, 5.41) is 4.10. The zero-order valence-electron chi connectivity index (χ0n) is 20.8. The molecule has 0 aliphatic rings. The largest absolute Gasteiger partial charge is 1.00 e. The molecule has 0 radical (unpaired) electrons. The quantitative estimate of drug-likeness (QED) is 0.120. The van der Waals surface area contributed by atoms with Gasteiger partial charge in [-0.2, -0.15) is 6.42 Å². The van der Waals surface area contributed by atoms with E-state index in [1.54, 1.807) is 0 Å². The first-order valence-corrected chi connectivity index (χ1v) is 22.1. The van der Waals surface area contributed by atoms with E-state index in [9.17, 15) is 0 Å². The molecule has 0 atom stereocenters. The van der Waals surface area contributed by atoms with Gasteiger partial charge in [0.2, 0.25) is 0 Å². The van der Waals surface area contributed by atoms with E-state index < -0.39 is 0 Å². The van der Waals surface area contributed by atoms with Crippen LogP contribution >= 0.6 is 83.9 Å². The Morgan fingerprint density at radius 3 is 1.26 bits per heavy atom. The molecule has 0 fully saturated rings. The zero-order chi connectivity index (χ0) is 27.7. The molecular weight excluding hydrogens is 1030 g/mol. The van der Waals surface area contributed by atoms with Gasteiger partial charge in [-0.15, -0.1) is 0 Å². The molecule has 3 aromatic carbocycles. The number of fused-ring (bicyclic) bond motifs is 3. The van der Waals surface area contributed by atoms with Gasteiger partial charge in [-0.1, -0.05) is 13.3 Å². The molecule has 3 aromatic heterocycles. The van der Waals surface area contributed by atoms with Crippen molar-refractivity contribution in [3.63, 3.8) is 0 Å². The third-order valence-electron chi connectivity index (χ3n) is 5.13. The molecule has 0 spiro atoms. The van der Waals surface area contributed by atoms with Gasteiger partial charge in [-0.3, -0.25) is 0 Å². The fraction of sp³-hybridized carbons (Fsp3) is 0.107. The van der Waals surface area contributed by atoms with Gasteiger partial charge in [0.1, 0.15) is 0 Å². The van der Waals surface area contributed by atoms with Crippen molar-refractivity contribution in [3.05, 3.63) is 96.5 Å². The summed E-state index contributed by atoms with van der Waals surface area (Å²) >= 11 is 16.8. The Kier molecular flexibility index (Phi) is 18.6. The van der Waals surface area contributed by atoms with Crippen LogP contribution in [-0.4, -0.2) is 43.5 Å². The summed E-state index contributed by atoms with van der Waals surface area (Å²) in [7, 11) is 9.34. The Bertz CT molecular complexity index is 1540. The molecule has 0 amide bonds. The van der Waals surface area contributed by atoms with Crippen molar-refractivity contribution in [1.29, 1.82) is 0 Å². The molecule has 0 aliphatic heterocycles. The molecule has 6 aromatic rings. The van der Waals surface area contributed by atoms with Crippen molar-refractivity contribution >= 4 is 156 Å². The molecule has 0 aliphatic carbocycles. The number of benzene rings is 3. The van der Waals surface area contributed by atoms with Crippen LogP contribution in [0.5, 0.6) is 0 Å². The maximum atomic E-state index is 4.67. The zero-order valence-corrected chi connectivity index (χ0v) is 34.8. The minimum absolute atomic E-state index is 0. The summed E-state index contributed by atoms with van der Waals surface area (Å²) in [6.07, 6.45) is 2.28. The SMILES string of the molecule is Brc1[se]c2ccccc2c1Br.Brc1c(-c2[se]c3ccccc3c2Br)[se]c2ccccc12.[CH2-]CCC.[Cl][Cu][Cl].[Li+]. The Morgan fingerprint density at radius 2 is 0.949 bits per heavy atom. The first kappa shape index (κ1) is 37.2. The van der Waals surface area contributed by atoms with E-state index in [1.807, 2.05) is 0 Å². The van der Waals surface area contributed by atoms with Crippen LogP contribution < -0.4 is 18.9 Å². The Hall–Kier alpha value is 2.06. The van der Waals surface area contributed by atoms with E-state index in [-0.39, 0.29) is 18.9 Å². The Morgan fingerprint density at radius 1 is 0.641 bits per heavy atom. The van der Waals surface area contributed by atoms with E-state index in [2.05, 4.69) is 171 Å². The van der Waals surface area contributed by atoms with Crippen molar-refractivity contribution in [3.8, 4) is 8.87 Å². The fourth-order valence-electron chi connectivity index (χ4n) is 3.30. The topological polar surface area (TPSA) is 0 Å². The maximum absolute atomic E-state index is 4.67. The second-order valence-corrected chi connectivity index (χ2v) is 20.1. The standard InChI is InChI=1S/C16H8Br2Se2.C8H4Br2Se.C4H9.2ClH.Cu.Li/c17-13-9-5-1-3-7-11(9)19-15(13)16-14(18)10-6-2-4-8-12(10)20-16;9-7-5-3-1-2-4-6(5)11-8(7)10;1-3-4-2;;;;/h1-8H;1-4H;1,3-4H2,2H3;2*1H;;/q;;-1;;;+2;+1/p-2. The molecular formula is C28H21Br4Cl2CuLiSe3. The molecule has 0 nitrogen and oxygen atoms in total. The molecule has 0 N–H and O–H groups in total. The fourth-order valence-corrected chi connectivity index (χ4v) is 15.6. The van der Waals surface area contributed by atoms with Crippen LogP contribution in [0.4, 0.5) is 0 Å². The van der Waals surface area contributed by atoms with E-state index in [4.69, 9.17) is 0 Å². The van der Waals surface area contributed by atoms with Crippen molar-refractivity contribution in [2.75, 3.05) is 0 Å². The van der Waals surface area contributed by atoms with Crippen molar-refractivity contribution in [1.82, 2.24) is 0 Å². The molecule has 0 saturated heterocycles. The van der Waals surface area contributed by atoms with Crippen molar-refractivity contribution in [2.45, 2.75) is 19.8 Å². The van der Waals surface area contributed by atoms with Gasteiger partial charge in [0, 0.05) is 0 Å². The summed E-state index contributed by atoms with van der Waals surface area (Å²) in [5.74, 6) is 0. The van der Waals surface area contributed by atoms with Crippen LogP contribution in [0.25, 0.3) is 37.8 Å². The van der Waals surface area contributed by atoms with Gasteiger partial charge in [0.15, 0.2) is 0 Å². The normalized spacial score (nSPS) is 10.3. The molecule has 3 heterocycles. The Labute approximate surface area is 308 Å². The second-order valence-electron chi connectivity index (χ2n) is 7.57. The summed E-state index contributed by atoms with van der Waals surface area (Å²) in [6, 6.07) is 26.0. The van der Waals surface area contributed by atoms with Crippen LogP contribution in [-0.2, 0) is 13.1 Å². The van der Waals surface area contributed by atoms with E-state index >= 15 is 0 Å². The monoisotopic (exact) mass is 1050 g/mol. The average Bonchev–Trinajstić information content (AvgIpc) is 3.56. The number of rotatable bonds is 2. The molecule has 0 saturated carbocycles. The number of hydrogen-bond donors (Lipinski definition) is 0. The van der Waals surface area contributed by atoms with E-state index in [1.165, 1.54) is 61.0 Å². The number of hydrogen-bond acceptors (Lipinski definition) is 0. The van der Waals surface area contributed by atoms with Crippen LogP contribution in [0.3, 0.4) is 0 Å². The van der Waals surface area contributed by atoms with Gasteiger partial charge in [-0.25, -0.2) is 0 Å². The predicted molar refractivity (Wildman–Crippen MR) is 184 cm³/mol. The van der Waals surface area contributed by atoms with Gasteiger partial charge in [-0.05, 0) is 0 Å². The summed E-state index contributed by atoms with van der Waals surface area (Å²) in [4.78, 5) is 0. The molecule has 0 unspecified atom stereocenters. The summed E-state index contributed by atoms with van der Waals surface area (Å²) < 4.78 is 12.6. The first-order valence-electron chi connectivity index (χ1n) is 11.1. The predicted octanol–water partition coefficient (Wildman–Crippen LogP) is 8.72. The van der Waals surface area contributed by atoms with Gasteiger partial charge >= 0.3 is 287 Å². The minimum Gasteiger partial charge on any atom is 1.00 e. The third-order valence-corrected chi connectivity index (χ3v) is 18.8. The average molecular weight is 1060 g/mol. The molecule has 6 rings (SSSR count). The van der Waals surface area contributed by atoms with Crippen LogP contribution in [0.2, 0.25) is 0 Å². The third kappa shape index (κ3) is 10.0. The van der Waals surface area contributed by atoms with E-state index in [0.717, 1.165) is 19.6 Å². The maximum Gasteiger partial charge on any atom is 1.00 e. The van der Waals surface area contributed by atoms with Gasteiger partial charge < -0.3 is 6.92 Å². The number of unbranched alkanes of at least 4 members (excludes halogenated alkanes) is 1. The first-order chi connectivity index (χ1) is 18.4. The van der Waals surface area contributed by atoms with Crippen LogP contribution in [0, 0.1) is 6.92 Å². The molecule has 205 valence electrons.